The minimum absolute atomic E-state index is 0.0334. The summed E-state index contributed by atoms with van der Waals surface area (Å²) in [6.45, 7) is -0.536. The van der Waals surface area contributed by atoms with Crippen LogP contribution in [-0.2, 0) is 19.0 Å². The van der Waals surface area contributed by atoms with E-state index in [1.807, 2.05) is 30.3 Å². The fourth-order valence-corrected chi connectivity index (χ4v) is 5.09. The minimum atomic E-state index is -3.69. The smallest absolute Gasteiger partial charge is 0.348 e. The van der Waals surface area contributed by atoms with Crippen molar-refractivity contribution in [2.45, 2.75) is 0 Å². The molecule has 0 aliphatic carbocycles. The summed E-state index contributed by atoms with van der Waals surface area (Å²) < 4.78 is 38.5. The van der Waals surface area contributed by atoms with Crippen molar-refractivity contribution in [1.29, 1.82) is 0 Å². The lowest BCUT2D eigenvalue weighted by Crippen LogP contribution is -2.12. The summed E-state index contributed by atoms with van der Waals surface area (Å²) in [4.78, 5) is 27.0. The van der Waals surface area contributed by atoms with Crippen LogP contribution in [0, 0.1) is 10.1 Å². The molecule has 0 unspecified atom stereocenters. The predicted octanol–water partition coefficient (Wildman–Crippen LogP) is 4.61. The molecular formula is C23H20N2O8S2. The number of hydrogen-bond acceptors (Lipinski definition) is 9. The molecule has 0 amide bonds. The number of fused-ring (bicyclic) bond motifs is 1. The van der Waals surface area contributed by atoms with Crippen molar-refractivity contribution in [1.82, 2.24) is 4.98 Å². The highest BCUT2D eigenvalue weighted by Crippen LogP contribution is 2.46. The zero-order valence-electron chi connectivity index (χ0n) is 18.6. The van der Waals surface area contributed by atoms with Gasteiger partial charge in [0.1, 0.15) is 18.1 Å². The number of benzene rings is 2. The molecule has 0 aliphatic rings. The lowest BCUT2D eigenvalue weighted by molar-refractivity contribution is -0.385. The molecule has 0 spiro atoms. The van der Waals surface area contributed by atoms with E-state index in [0.717, 1.165) is 22.1 Å². The second-order valence-corrected chi connectivity index (χ2v) is 10.1. The maximum atomic E-state index is 12.1. The van der Waals surface area contributed by atoms with Gasteiger partial charge in [-0.15, -0.1) is 11.3 Å². The Hall–Kier alpha value is -3.74. The van der Waals surface area contributed by atoms with Gasteiger partial charge in [-0.2, -0.15) is 8.42 Å². The van der Waals surface area contributed by atoms with Crippen LogP contribution in [0.4, 0.5) is 5.69 Å². The highest BCUT2D eigenvalue weighted by atomic mass is 32.2. The molecule has 0 fully saturated rings. The number of aromatic amines is 1. The molecule has 0 bridgehead atoms. The monoisotopic (exact) mass is 516 g/mol. The summed E-state index contributed by atoms with van der Waals surface area (Å²) in [6, 6.07) is 15.5. The zero-order chi connectivity index (χ0) is 25.2. The summed E-state index contributed by atoms with van der Waals surface area (Å²) >= 11 is 1.24. The van der Waals surface area contributed by atoms with Crippen molar-refractivity contribution < 1.29 is 31.8 Å². The summed E-state index contributed by atoms with van der Waals surface area (Å²) in [5.74, 6) is -0.501. The number of thiophene rings is 1. The van der Waals surface area contributed by atoms with Crippen LogP contribution in [0.25, 0.3) is 32.6 Å². The third kappa shape index (κ3) is 5.19. The topological polar surface area (TPSA) is 138 Å². The third-order valence-corrected chi connectivity index (χ3v) is 6.73. The average molecular weight is 517 g/mol. The number of carbonyl (C=O) groups excluding carboxylic acids is 1. The molecular weight excluding hydrogens is 496 g/mol. The lowest BCUT2D eigenvalue weighted by atomic mass is 10.0. The molecule has 2 aromatic heterocycles. The van der Waals surface area contributed by atoms with Gasteiger partial charge in [0.15, 0.2) is 0 Å². The fourth-order valence-electron chi connectivity index (χ4n) is 3.61. The van der Waals surface area contributed by atoms with Gasteiger partial charge in [-0.1, -0.05) is 36.4 Å². The van der Waals surface area contributed by atoms with Crippen LogP contribution in [-0.4, -0.2) is 50.9 Å². The van der Waals surface area contributed by atoms with Crippen molar-refractivity contribution in [2.24, 2.45) is 0 Å². The molecule has 182 valence electrons. The largest absolute Gasteiger partial charge is 0.484 e. The van der Waals surface area contributed by atoms with E-state index in [9.17, 15) is 23.3 Å². The Morgan fingerprint density at radius 2 is 1.86 bits per heavy atom. The summed E-state index contributed by atoms with van der Waals surface area (Å²) in [5, 5.41) is 11.8. The van der Waals surface area contributed by atoms with E-state index in [0.29, 0.717) is 21.7 Å². The number of carbonyl (C=O) groups is 1. The second-order valence-electron chi connectivity index (χ2n) is 7.37. The number of aromatic nitrogens is 1. The van der Waals surface area contributed by atoms with Crippen LogP contribution >= 0.6 is 11.3 Å². The third-order valence-electron chi connectivity index (χ3n) is 5.01. The van der Waals surface area contributed by atoms with Gasteiger partial charge in [0.05, 0.1) is 34.2 Å². The number of rotatable bonds is 9. The summed E-state index contributed by atoms with van der Waals surface area (Å²) in [7, 11) is -2.38. The van der Waals surface area contributed by atoms with E-state index in [2.05, 4.69) is 4.98 Å². The van der Waals surface area contributed by atoms with E-state index in [-0.39, 0.29) is 24.7 Å². The highest BCUT2D eigenvalue weighted by molar-refractivity contribution is 7.85. The van der Waals surface area contributed by atoms with Crippen molar-refractivity contribution in [3.8, 4) is 28.1 Å². The van der Waals surface area contributed by atoms with Crippen LogP contribution in [0.15, 0.2) is 54.6 Å². The van der Waals surface area contributed by atoms with Crippen LogP contribution in [0.3, 0.4) is 0 Å². The summed E-state index contributed by atoms with van der Waals surface area (Å²) in [6.07, 6.45) is 0.907. The van der Waals surface area contributed by atoms with E-state index in [1.54, 1.807) is 12.1 Å². The number of methoxy groups -OCH3 is 1. The van der Waals surface area contributed by atoms with Gasteiger partial charge in [-0.3, -0.25) is 14.3 Å². The number of para-hydroxylation sites is 1. The van der Waals surface area contributed by atoms with E-state index in [4.69, 9.17) is 13.7 Å². The number of H-pyrrole nitrogens is 1. The number of nitro benzene ring substituents is 1. The number of hydrogen-bond donors (Lipinski definition) is 1. The maximum absolute atomic E-state index is 12.1. The first-order valence-corrected chi connectivity index (χ1v) is 12.9. The van der Waals surface area contributed by atoms with Crippen molar-refractivity contribution >= 4 is 43.3 Å². The van der Waals surface area contributed by atoms with Crippen LogP contribution < -0.4 is 4.74 Å². The van der Waals surface area contributed by atoms with Crippen molar-refractivity contribution in [2.75, 3.05) is 26.6 Å². The predicted molar refractivity (Wildman–Crippen MR) is 131 cm³/mol. The van der Waals surface area contributed by atoms with Crippen LogP contribution in [0.2, 0.25) is 0 Å². The Kier molecular flexibility index (Phi) is 6.87. The zero-order valence-corrected chi connectivity index (χ0v) is 20.3. The molecule has 10 nitrogen and oxygen atoms in total. The summed E-state index contributed by atoms with van der Waals surface area (Å²) in [5.41, 5.74) is 2.89. The van der Waals surface area contributed by atoms with Crippen molar-refractivity contribution in [3.63, 3.8) is 0 Å². The normalized spacial score (nSPS) is 11.5. The quantitative estimate of drug-likeness (QED) is 0.112. The molecule has 0 saturated heterocycles. The number of esters is 1. The van der Waals surface area contributed by atoms with Gasteiger partial charge < -0.3 is 14.5 Å². The molecule has 4 rings (SSSR count). The average Bonchev–Trinajstić information content (AvgIpc) is 3.39. The van der Waals surface area contributed by atoms with Gasteiger partial charge in [-0.05, 0) is 17.7 Å². The molecule has 0 saturated carbocycles. The van der Waals surface area contributed by atoms with Gasteiger partial charge in [0.25, 0.3) is 10.1 Å². The molecule has 1 N–H and O–H groups in total. The molecule has 2 heterocycles. The molecule has 35 heavy (non-hydrogen) atoms. The maximum Gasteiger partial charge on any atom is 0.348 e. The fraction of sp³-hybridized carbons (Fsp3) is 0.174. The minimum Gasteiger partial charge on any atom is -0.484 e. The van der Waals surface area contributed by atoms with E-state index >= 15 is 0 Å². The molecule has 12 heteroatoms. The molecule has 2 aromatic carbocycles. The lowest BCUT2D eigenvalue weighted by Gasteiger charge is -2.13. The highest BCUT2D eigenvalue weighted by Gasteiger charge is 2.26. The molecule has 0 radical (unpaired) electrons. The number of ether oxygens (including phenoxy) is 2. The molecule has 0 atom stereocenters. The Morgan fingerprint density at radius 1 is 1.11 bits per heavy atom. The van der Waals surface area contributed by atoms with Crippen LogP contribution in [0.5, 0.6) is 5.75 Å². The molecule has 0 aliphatic heterocycles. The SMILES string of the molecule is COC(=O)c1cc2[nH]c(-c3cccc([N+](=O)[O-])c3OCCOS(C)(=O)=O)c(-c3ccccc3)c2s1. The standard InChI is InChI=1S/C23H20N2O8S2/c1-31-23(26)18-13-16-22(34-18)19(14-7-4-3-5-8-14)20(24-16)15-9-6-10-17(25(27)28)21(15)32-11-12-33-35(2,29)30/h3-10,13,24H,11-12H2,1-2H3. The Labute approximate surface area is 204 Å². The van der Waals surface area contributed by atoms with Gasteiger partial charge >= 0.3 is 11.7 Å². The van der Waals surface area contributed by atoms with E-state index in [1.165, 1.54) is 30.6 Å². The second kappa shape index (κ2) is 9.86. The Morgan fingerprint density at radius 3 is 2.51 bits per heavy atom. The number of nitro groups is 1. The Balaban J connectivity index is 1.88. The van der Waals surface area contributed by atoms with Crippen molar-refractivity contribution in [3.05, 3.63) is 69.6 Å². The van der Waals surface area contributed by atoms with Gasteiger partial charge in [-0.25, -0.2) is 4.79 Å². The molecule has 4 aromatic rings. The first-order chi connectivity index (χ1) is 16.7. The first-order valence-electron chi connectivity index (χ1n) is 10.2. The van der Waals surface area contributed by atoms with Gasteiger partial charge in [0.2, 0.25) is 5.75 Å². The van der Waals surface area contributed by atoms with Crippen LogP contribution in [0.1, 0.15) is 9.67 Å². The van der Waals surface area contributed by atoms with Gasteiger partial charge in [0, 0.05) is 17.2 Å². The Bertz CT molecular complexity index is 1510. The number of nitrogens with one attached hydrogen (secondary N) is 1. The number of nitrogens with zero attached hydrogens (tertiary/aromatic N) is 1. The first kappa shape index (κ1) is 24.4. The van der Waals surface area contributed by atoms with E-state index < -0.39 is 21.0 Å².